The quantitative estimate of drug-likeness (QED) is 0.187. The third-order valence-corrected chi connectivity index (χ3v) is 6.32. The molecule has 188 valence electrons. The van der Waals surface area contributed by atoms with Gasteiger partial charge in [-0.1, -0.05) is 41.9 Å². The maximum atomic E-state index is 14.4. The topological polar surface area (TPSA) is 93.7 Å². The minimum atomic E-state index is -3.35. The third kappa shape index (κ3) is 6.29. The van der Waals surface area contributed by atoms with E-state index in [-0.39, 0.29) is 30.8 Å². The average Bonchev–Trinajstić information content (AvgIpc) is 2.88. The van der Waals surface area contributed by atoms with Crippen molar-refractivity contribution >= 4 is 34.2 Å². The van der Waals surface area contributed by atoms with Gasteiger partial charge in [0, 0.05) is 44.3 Å². The molecule has 4 rings (SSSR count). The van der Waals surface area contributed by atoms with Gasteiger partial charge in [-0.25, -0.2) is 4.98 Å². The van der Waals surface area contributed by atoms with Gasteiger partial charge in [0.05, 0.1) is 37.3 Å². The van der Waals surface area contributed by atoms with E-state index in [0.717, 1.165) is 34.5 Å². The molecule has 0 saturated carbocycles. The highest BCUT2D eigenvalue weighted by Crippen LogP contribution is 2.35. The Morgan fingerprint density at radius 3 is 2.57 bits per heavy atom. The third-order valence-electron chi connectivity index (χ3n) is 5.59. The monoisotopic (exact) mass is 633 g/mol. The highest BCUT2D eigenvalue weighted by atomic mass is 127. The summed E-state index contributed by atoms with van der Waals surface area (Å²) in [5.74, 6) is 0.208. The van der Waals surface area contributed by atoms with Crippen molar-refractivity contribution in [3.63, 3.8) is 0 Å². The minimum absolute atomic E-state index is 0.0137. The molecule has 0 spiro atoms. The van der Waals surface area contributed by atoms with Crippen LogP contribution in [0.5, 0.6) is 5.88 Å². The maximum Gasteiger partial charge on any atom is 0.338 e. The summed E-state index contributed by atoms with van der Waals surface area (Å²) in [5.41, 5.74) is 1.60. The van der Waals surface area contributed by atoms with Crippen molar-refractivity contribution in [2.45, 2.75) is 23.3 Å². The molecule has 0 aliphatic carbocycles. The predicted octanol–water partition coefficient (Wildman–Crippen LogP) is 5.55. The fourth-order valence-electron chi connectivity index (χ4n) is 3.88. The summed E-state index contributed by atoms with van der Waals surface area (Å²) in [4.78, 5) is 17.4. The second-order valence-corrected chi connectivity index (χ2v) is 9.88. The van der Waals surface area contributed by atoms with Crippen LogP contribution in [0.25, 0.3) is 11.3 Å². The lowest BCUT2D eigenvalue weighted by Gasteiger charge is -2.16. The van der Waals surface area contributed by atoms with Crippen molar-refractivity contribution in [1.29, 1.82) is 5.26 Å². The van der Waals surface area contributed by atoms with Gasteiger partial charge in [-0.2, -0.15) is 14.0 Å². The van der Waals surface area contributed by atoms with Crippen LogP contribution >= 0.6 is 34.2 Å². The molecule has 0 aliphatic heterocycles. The number of benzene rings is 2. The zero-order valence-electron chi connectivity index (χ0n) is 19.5. The molecular weight excluding hydrogens is 615 g/mol. The first-order valence-electron chi connectivity index (χ1n) is 11.0. The molecule has 0 saturated heterocycles. The molecule has 2 heterocycles. The van der Waals surface area contributed by atoms with Gasteiger partial charge in [-0.3, -0.25) is 9.36 Å². The Morgan fingerprint density at radius 2 is 1.89 bits per heavy atom. The fourth-order valence-corrected chi connectivity index (χ4v) is 4.60. The number of aryl methyl sites for hydroxylation is 1. The van der Waals surface area contributed by atoms with Gasteiger partial charge in [0.1, 0.15) is 5.69 Å². The van der Waals surface area contributed by atoms with Gasteiger partial charge in [-0.05, 0) is 42.7 Å². The van der Waals surface area contributed by atoms with Crippen molar-refractivity contribution < 1.29 is 13.5 Å². The van der Waals surface area contributed by atoms with E-state index >= 15 is 0 Å². The number of alkyl halides is 3. The Labute approximate surface area is 229 Å². The molecule has 0 unspecified atom stereocenters. The number of ether oxygens (including phenoxy) is 1. The number of rotatable bonds is 8. The van der Waals surface area contributed by atoms with E-state index in [9.17, 15) is 18.8 Å². The highest BCUT2D eigenvalue weighted by Gasteiger charge is 2.33. The second kappa shape index (κ2) is 11.3. The molecule has 7 nitrogen and oxygen atoms in total. The lowest BCUT2D eigenvalue weighted by atomic mass is 10.0. The molecule has 2 aromatic heterocycles. The summed E-state index contributed by atoms with van der Waals surface area (Å²) < 4.78 is 32.0. The number of aromatic nitrogens is 4. The highest BCUT2D eigenvalue weighted by molar-refractivity contribution is 14.1. The first-order valence-corrected chi connectivity index (χ1v) is 12.5. The Bertz CT molecular complexity index is 1540. The van der Waals surface area contributed by atoms with Gasteiger partial charge in [-0.15, -0.1) is 10.2 Å². The molecule has 11 heteroatoms. The van der Waals surface area contributed by atoms with Crippen LogP contribution in [0, 0.1) is 11.3 Å². The van der Waals surface area contributed by atoms with Crippen molar-refractivity contribution in [2.24, 2.45) is 0 Å². The van der Waals surface area contributed by atoms with Crippen LogP contribution in [0.2, 0.25) is 5.02 Å². The minimum Gasteiger partial charge on any atom is -0.480 e. The SMILES string of the molecule is COc1nnc(-c2ccccc2)cc1Cn1cnc(C(F)(F)I)c(CCc2cc(Cl)cc(C#N)c2)c1=O. The van der Waals surface area contributed by atoms with Crippen LogP contribution in [0.3, 0.4) is 0 Å². The summed E-state index contributed by atoms with van der Waals surface area (Å²) in [6.07, 6.45) is 1.30. The molecule has 0 radical (unpaired) electrons. The molecule has 4 aromatic rings. The lowest BCUT2D eigenvalue weighted by molar-refractivity contribution is 0.120. The Kier molecular flexibility index (Phi) is 8.14. The first kappa shape index (κ1) is 26.6. The van der Waals surface area contributed by atoms with E-state index in [1.54, 1.807) is 18.2 Å². The van der Waals surface area contributed by atoms with Gasteiger partial charge in [0.2, 0.25) is 5.88 Å². The molecule has 0 atom stereocenters. The van der Waals surface area contributed by atoms with Crippen LogP contribution in [0.1, 0.15) is 27.9 Å². The van der Waals surface area contributed by atoms with Crippen molar-refractivity contribution in [3.8, 4) is 23.2 Å². The number of nitriles is 1. The Balaban J connectivity index is 1.72. The summed E-state index contributed by atoms with van der Waals surface area (Å²) in [6.45, 7) is -0.0137. The zero-order chi connectivity index (χ0) is 26.6. The van der Waals surface area contributed by atoms with Gasteiger partial charge < -0.3 is 4.74 Å². The lowest BCUT2D eigenvalue weighted by Crippen LogP contribution is -2.29. The first-order chi connectivity index (χ1) is 17.7. The molecule has 0 aliphatic rings. The molecular formula is C26H19ClF2IN5O2. The van der Waals surface area contributed by atoms with Crippen molar-refractivity contribution in [3.05, 3.63) is 104 Å². The van der Waals surface area contributed by atoms with E-state index in [1.165, 1.54) is 17.7 Å². The zero-order valence-corrected chi connectivity index (χ0v) is 22.4. The van der Waals surface area contributed by atoms with Gasteiger partial charge in [0.25, 0.3) is 5.56 Å². The van der Waals surface area contributed by atoms with Crippen molar-refractivity contribution in [2.75, 3.05) is 7.11 Å². The number of methoxy groups -OCH3 is 1. The molecule has 37 heavy (non-hydrogen) atoms. The molecule has 0 amide bonds. The summed E-state index contributed by atoms with van der Waals surface area (Å²) >= 11 is 7.04. The number of hydrogen-bond donors (Lipinski definition) is 0. The average molecular weight is 634 g/mol. The number of nitrogens with zero attached hydrogens (tertiary/aromatic N) is 5. The maximum absolute atomic E-state index is 14.4. The predicted molar refractivity (Wildman–Crippen MR) is 143 cm³/mol. The number of halogens is 4. The van der Waals surface area contributed by atoms with Crippen LogP contribution in [-0.4, -0.2) is 26.9 Å². The van der Waals surface area contributed by atoms with E-state index in [4.69, 9.17) is 16.3 Å². The van der Waals surface area contributed by atoms with E-state index in [2.05, 4.69) is 15.2 Å². The fraction of sp³-hybridized carbons (Fsp3) is 0.192. The van der Waals surface area contributed by atoms with Crippen LogP contribution in [0.4, 0.5) is 8.78 Å². The Hall–Kier alpha value is -3.43. The largest absolute Gasteiger partial charge is 0.480 e. The summed E-state index contributed by atoms with van der Waals surface area (Å²) in [5, 5.41) is 17.8. The van der Waals surface area contributed by atoms with Crippen molar-refractivity contribution in [1.82, 2.24) is 19.7 Å². The van der Waals surface area contributed by atoms with E-state index in [1.807, 2.05) is 36.4 Å². The second-order valence-electron chi connectivity index (χ2n) is 8.09. The smallest absolute Gasteiger partial charge is 0.338 e. The normalized spacial score (nSPS) is 11.2. The molecule has 0 bridgehead atoms. The van der Waals surface area contributed by atoms with E-state index < -0.39 is 15.2 Å². The van der Waals surface area contributed by atoms with Gasteiger partial charge >= 0.3 is 3.93 Å². The number of hydrogen-bond acceptors (Lipinski definition) is 6. The van der Waals surface area contributed by atoms with Gasteiger partial charge in [0.15, 0.2) is 0 Å². The standard InChI is InChI=1S/C26H19ClF2IN5O2/c1-37-24-19(12-22(33-34-24)18-5-3-2-4-6-18)14-35-15-32-23(26(28,29)30)21(25(35)36)8-7-16-9-17(13-31)11-20(27)10-16/h2-6,9-12,15H,7-8,14H2,1H3. The summed E-state index contributed by atoms with van der Waals surface area (Å²) in [7, 11) is 1.43. The summed E-state index contributed by atoms with van der Waals surface area (Å²) in [6, 6.07) is 17.9. The molecule has 0 fully saturated rings. The van der Waals surface area contributed by atoms with Crippen LogP contribution in [-0.2, 0) is 23.3 Å². The Morgan fingerprint density at radius 1 is 1.14 bits per heavy atom. The van der Waals surface area contributed by atoms with E-state index in [0.29, 0.717) is 27.4 Å². The van der Waals surface area contributed by atoms with Crippen LogP contribution < -0.4 is 10.3 Å². The molecule has 2 aromatic carbocycles. The van der Waals surface area contributed by atoms with Crippen LogP contribution in [0.15, 0.2) is 65.7 Å². The molecule has 0 N–H and O–H groups in total.